The highest BCUT2D eigenvalue weighted by molar-refractivity contribution is 5.71. The summed E-state index contributed by atoms with van der Waals surface area (Å²) < 4.78 is 16.9. The lowest BCUT2D eigenvalue weighted by atomic mass is 10.0. The van der Waals surface area contributed by atoms with Gasteiger partial charge in [-0.25, -0.2) is 0 Å². The van der Waals surface area contributed by atoms with Gasteiger partial charge >= 0.3 is 17.9 Å². The van der Waals surface area contributed by atoms with Crippen LogP contribution in [0.5, 0.6) is 0 Å². The molecule has 67 heavy (non-hydrogen) atoms. The Hall–Kier alpha value is -1.59. The van der Waals surface area contributed by atoms with E-state index < -0.39 is 6.10 Å². The molecule has 0 aromatic heterocycles. The molecule has 0 aromatic carbocycles. The lowest BCUT2D eigenvalue weighted by Crippen LogP contribution is -2.30. The zero-order chi connectivity index (χ0) is 48.8. The van der Waals surface area contributed by atoms with Gasteiger partial charge in [-0.2, -0.15) is 0 Å². The predicted molar refractivity (Wildman–Crippen MR) is 289 cm³/mol. The van der Waals surface area contributed by atoms with Gasteiger partial charge in [-0.05, 0) is 25.2 Å². The highest BCUT2D eigenvalue weighted by Gasteiger charge is 2.19. The Kier molecular flexibility index (Phi) is 54.0. The minimum absolute atomic E-state index is 0.0614. The normalized spacial score (nSPS) is 12.0. The van der Waals surface area contributed by atoms with E-state index in [2.05, 4.69) is 27.7 Å². The molecule has 1 atom stereocenters. The monoisotopic (exact) mass is 947 g/mol. The van der Waals surface area contributed by atoms with E-state index in [1.54, 1.807) is 0 Å². The maximum Gasteiger partial charge on any atom is 0.306 e. The van der Waals surface area contributed by atoms with Crippen LogP contribution in [0.25, 0.3) is 0 Å². The number of carbonyl (C=O) groups is 3. The first-order chi connectivity index (χ1) is 32.9. The Balaban J connectivity index is 4.24. The molecule has 0 bridgehead atoms. The molecule has 0 rings (SSSR count). The van der Waals surface area contributed by atoms with E-state index in [9.17, 15) is 14.4 Å². The van der Waals surface area contributed by atoms with Gasteiger partial charge in [-0.1, -0.05) is 310 Å². The van der Waals surface area contributed by atoms with Crippen molar-refractivity contribution in [3.8, 4) is 0 Å². The molecule has 0 aliphatic heterocycles. The molecule has 6 heteroatoms. The molecule has 0 aliphatic carbocycles. The summed E-state index contributed by atoms with van der Waals surface area (Å²) in [5, 5.41) is 0. The average Bonchev–Trinajstić information content (AvgIpc) is 3.31. The summed E-state index contributed by atoms with van der Waals surface area (Å²) in [4.78, 5) is 38.2. The SMILES string of the molecule is CCCCCCCCCCCCCCCCC(=O)OC[C@H](COC(=O)CCCCCCCCCCCCCCCCCCCCC(C)C)OC(=O)CCCCCCCCCCCCCCCC. The van der Waals surface area contributed by atoms with Gasteiger partial charge in [0, 0.05) is 19.3 Å². The third-order valence-corrected chi connectivity index (χ3v) is 14.0. The first-order valence-corrected chi connectivity index (χ1v) is 30.4. The Bertz CT molecular complexity index is 1010. The molecule has 0 fully saturated rings. The minimum Gasteiger partial charge on any atom is -0.462 e. The number of esters is 3. The van der Waals surface area contributed by atoms with E-state index in [4.69, 9.17) is 14.2 Å². The van der Waals surface area contributed by atoms with Crippen molar-refractivity contribution in [3.63, 3.8) is 0 Å². The fourth-order valence-electron chi connectivity index (χ4n) is 9.46. The summed E-state index contributed by atoms with van der Waals surface area (Å²) in [6.45, 7) is 9.08. The first-order valence-electron chi connectivity index (χ1n) is 30.4. The molecule has 0 unspecified atom stereocenters. The van der Waals surface area contributed by atoms with Crippen LogP contribution in [0.15, 0.2) is 0 Å². The van der Waals surface area contributed by atoms with E-state index >= 15 is 0 Å². The van der Waals surface area contributed by atoms with Crippen molar-refractivity contribution in [1.82, 2.24) is 0 Å². The van der Waals surface area contributed by atoms with E-state index in [1.807, 2.05) is 0 Å². The summed E-state index contributed by atoms with van der Waals surface area (Å²) in [7, 11) is 0. The number of carbonyl (C=O) groups excluding carboxylic acids is 3. The van der Waals surface area contributed by atoms with Crippen molar-refractivity contribution in [2.75, 3.05) is 13.2 Å². The third kappa shape index (κ3) is 55.2. The fourth-order valence-corrected chi connectivity index (χ4v) is 9.46. The van der Waals surface area contributed by atoms with Gasteiger partial charge in [0.1, 0.15) is 13.2 Å². The van der Waals surface area contributed by atoms with Gasteiger partial charge in [0.25, 0.3) is 0 Å². The van der Waals surface area contributed by atoms with Crippen LogP contribution in [0.2, 0.25) is 0 Å². The van der Waals surface area contributed by atoms with Gasteiger partial charge < -0.3 is 14.2 Å². The van der Waals surface area contributed by atoms with Crippen LogP contribution in [0.3, 0.4) is 0 Å². The van der Waals surface area contributed by atoms with Crippen LogP contribution >= 0.6 is 0 Å². The second-order valence-electron chi connectivity index (χ2n) is 21.5. The maximum atomic E-state index is 12.9. The minimum atomic E-state index is -0.762. The molecule has 0 aromatic rings. The predicted octanol–water partition coefficient (Wildman–Crippen LogP) is 20.2. The standard InChI is InChI=1S/C61H118O6/c1-5-7-9-11-13-15-17-19-28-32-36-40-44-48-52-59(62)65-55-58(67-61(64)54-50-46-42-38-34-29-20-18-16-14-12-10-8-6-2)56-66-60(63)53-49-45-41-37-33-30-26-24-22-21-23-25-27-31-35-39-43-47-51-57(3)4/h57-58H,5-56H2,1-4H3/t58-/m1/s1. The summed E-state index contributed by atoms with van der Waals surface area (Å²) in [6, 6.07) is 0. The van der Waals surface area contributed by atoms with Crippen molar-refractivity contribution in [2.24, 2.45) is 5.92 Å². The smallest absolute Gasteiger partial charge is 0.306 e. The maximum absolute atomic E-state index is 12.9. The van der Waals surface area contributed by atoms with Crippen LogP contribution in [0, 0.1) is 5.92 Å². The Morgan fingerprint density at radius 2 is 0.493 bits per heavy atom. The first kappa shape index (κ1) is 65.4. The van der Waals surface area contributed by atoms with Crippen molar-refractivity contribution in [3.05, 3.63) is 0 Å². The van der Waals surface area contributed by atoms with E-state index in [0.29, 0.717) is 19.3 Å². The van der Waals surface area contributed by atoms with Gasteiger partial charge in [0.15, 0.2) is 6.10 Å². The van der Waals surface area contributed by atoms with Crippen LogP contribution in [0.1, 0.15) is 349 Å². The Morgan fingerprint density at radius 3 is 0.731 bits per heavy atom. The topological polar surface area (TPSA) is 78.9 Å². The second-order valence-corrected chi connectivity index (χ2v) is 21.5. The highest BCUT2D eigenvalue weighted by Crippen LogP contribution is 2.18. The van der Waals surface area contributed by atoms with E-state index in [-0.39, 0.29) is 31.1 Å². The number of unbranched alkanes of at least 4 members (excludes halogenated alkanes) is 43. The molecule has 0 saturated carbocycles. The Morgan fingerprint density at radius 1 is 0.284 bits per heavy atom. The molecule has 0 heterocycles. The second kappa shape index (κ2) is 55.3. The van der Waals surface area contributed by atoms with Crippen molar-refractivity contribution in [2.45, 2.75) is 355 Å². The van der Waals surface area contributed by atoms with Crippen LogP contribution < -0.4 is 0 Å². The molecular weight excluding hydrogens is 829 g/mol. The number of rotatable bonds is 56. The lowest BCUT2D eigenvalue weighted by molar-refractivity contribution is -0.167. The number of hydrogen-bond donors (Lipinski definition) is 0. The number of hydrogen-bond acceptors (Lipinski definition) is 6. The Labute approximate surface area is 418 Å². The summed E-state index contributed by atoms with van der Waals surface area (Å²) >= 11 is 0. The zero-order valence-electron chi connectivity index (χ0n) is 45.9. The number of ether oxygens (including phenoxy) is 3. The summed E-state index contributed by atoms with van der Waals surface area (Å²) in [5.74, 6) is 0.0279. The van der Waals surface area contributed by atoms with Crippen molar-refractivity contribution < 1.29 is 28.6 Å². The average molecular weight is 948 g/mol. The van der Waals surface area contributed by atoms with Gasteiger partial charge in [-0.3, -0.25) is 14.4 Å². The largest absolute Gasteiger partial charge is 0.462 e. The lowest BCUT2D eigenvalue weighted by Gasteiger charge is -2.18. The van der Waals surface area contributed by atoms with E-state index in [1.165, 1.54) is 244 Å². The van der Waals surface area contributed by atoms with Gasteiger partial charge in [0.05, 0.1) is 0 Å². The van der Waals surface area contributed by atoms with Crippen LogP contribution in [-0.2, 0) is 28.6 Å². The van der Waals surface area contributed by atoms with Crippen LogP contribution in [0.4, 0.5) is 0 Å². The third-order valence-electron chi connectivity index (χ3n) is 14.0. The van der Waals surface area contributed by atoms with Gasteiger partial charge in [0.2, 0.25) is 0 Å². The molecule has 0 N–H and O–H groups in total. The molecule has 0 saturated heterocycles. The molecule has 0 aliphatic rings. The van der Waals surface area contributed by atoms with Crippen molar-refractivity contribution in [1.29, 1.82) is 0 Å². The van der Waals surface area contributed by atoms with Crippen molar-refractivity contribution >= 4 is 17.9 Å². The molecule has 0 amide bonds. The summed E-state index contributed by atoms with van der Waals surface area (Å²) in [5.41, 5.74) is 0. The molecule has 398 valence electrons. The van der Waals surface area contributed by atoms with Crippen LogP contribution in [-0.4, -0.2) is 37.2 Å². The molecule has 0 spiro atoms. The molecule has 0 radical (unpaired) electrons. The quantitative estimate of drug-likeness (QED) is 0.0343. The molecular formula is C61H118O6. The highest BCUT2D eigenvalue weighted by atomic mass is 16.6. The zero-order valence-corrected chi connectivity index (χ0v) is 45.9. The fraction of sp³-hybridized carbons (Fsp3) is 0.951. The summed E-state index contributed by atoms with van der Waals surface area (Å²) in [6.07, 6.45) is 61.0. The van der Waals surface area contributed by atoms with E-state index in [0.717, 1.165) is 63.7 Å². The molecule has 6 nitrogen and oxygen atoms in total. The van der Waals surface area contributed by atoms with Gasteiger partial charge in [-0.15, -0.1) is 0 Å².